The zero-order chi connectivity index (χ0) is 53.1. The molecule has 0 amide bonds. The minimum atomic E-state index is -0.479. The Morgan fingerprint density at radius 3 is 1.56 bits per heavy atom. The van der Waals surface area contributed by atoms with Crippen LogP contribution in [0.5, 0.6) is 0 Å². The smallest absolute Gasteiger partial charge is 0.264 e. The van der Waals surface area contributed by atoms with Crippen LogP contribution >= 0.6 is 11.3 Å². The van der Waals surface area contributed by atoms with E-state index in [1.54, 1.807) is 0 Å². The molecule has 10 aromatic rings. The lowest BCUT2D eigenvalue weighted by molar-refractivity contribution is 0.590. The predicted molar refractivity (Wildman–Crippen MR) is 331 cm³/mol. The molecule has 1 spiro atoms. The molecule has 0 atom stereocenters. The van der Waals surface area contributed by atoms with Gasteiger partial charge in [0.25, 0.3) is 6.71 Å². The normalized spacial score (nSPS) is 14.5. The van der Waals surface area contributed by atoms with Crippen LogP contribution in [0.1, 0.15) is 112 Å². The maximum absolute atomic E-state index is 2.68. The number of hydrogen-bond acceptors (Lipinski definition) is 3. The maximum Gasteiger partial charge on any atom is 0.264 e. The Balaban J connectivity index is 1.10. The molecule has 376 valence electrons. The Hall–Kier alpha value is -7.66. The zero-order valence-electron chi connectivity index (χ0n) is 46.4. The van der Waals surface area contributed by atoms with Gasteiger partial charge in [0.2, 0.25) is 0 Å². The first-order valence-corrected chi connectivity index (χ1v) is 28.5. The highest BCUT2D eigenvalue weighted by Crippen LogP contribution is 2.67. The predicted octanol–water partition coefficient (Wildman–Crippen LogP) is 18.0. The van der Waals surface area contributed by atoms with Crippen molar-refractivity contribution < 1.29 is 0 Å². The zero-order valence-corrected chi connectivity index (χ0v) is 47.2. The number of anilines is 6. The fourth-order valence-corrected chi connectivity index (χ4v) is 15.3. The molecule has 0 saturated heterocycles. The quantitative estimate of drug-likeness (QED) is 0.162. The molecule has 0 N–H and O–H groups in total. The average Bonchev–Trinajstić information content (AvgIpc) is 4.26. The van der Waals surface area contributed by atoms with E-state index in [0.717, 1.165) is 5.69 Å². The van der Waals surface area contributed by atoms with E-state index < -0.39 is 5.41 Å². The minimum Gasteiger partial charge on any atom is -0.311 e. The van der Waals surface area contributed by atoms with Crippen LogP contribution in [0.15, 0.2) is 194 Å². The molecule has 14 rings (SSSR count). The maximum atomic E-state index is 2.68. The number of fused-ring (bicyclic) bond motifs is 15. The van der Waals surface area contributed by atoms with Crippen LogP contribution < -0.4 is 25.5 Å². The van der Waals surface area contributed by atoms with Crippen molar-refractivity contribution in [3.63, 3.8) is 0 Å². The van der Waals surface area contributed by atoms with Gasteiger partial charge in [0.1, 0.15) is 0 Å². The number of rotatable bonds is 4. The molecule has 0 fully saturated rings. The van der Waals surface area contributed by atoms with Crippen LogP contribution in [0, 0.1) is 13.8 Å². The van der Waals surface area contributed by atoms with Crippen LogP contribution in [0.2, 0.25) is 0 Å². The third kappa shape index (κ3) is 7.00. The molecule has 4 aliphatic rings. The van der Waals surface area contributed by atoms with Crippen molar-refractivity contribution in [2.75, 3.05) is 9.80 Å². The summed E-state index contributed by atoms with van der Waals surface area (Å²) in [6, 6.07) is 75.4. The number of benzene rings is 9. The summed E-state index contributed by atoms with van der Waals surface area (Å²) >= 11 is 2.07. The summed E-state index contributed by atoms with van der Waals surface area (Å²) in [5, 5.41) is 0. The molecule has 0 saturated carbocycles. The Morgan fingerprint density at radius 2 is 0.948 bits per heavy atom. The first-order chi connectivity index (χ1) is 36.9. The summed E-state index contributed by atoms with van der Waals surface area (Å²) in [4.78, 5) is 6.71. The first-order valence-electron chi connectivity index (χ1n) is 27.7. The summed E-state index contributed by atoms with van der Waals surface area (Å²) in [7, 11) is 0. The van der Waals surface area contributed by atoms with E-state index in [4.69, 9.17) is 0 Å². The highest BCUT2D eigenvalue weighted by atomic mass is 32.1. The van der Waals surface area contributed by atoms with Gasteiger partial charge in [0.15, 0.2) is 0 Å². The van der Waals surface area contributed by atoms with Crippen LogP contribution in [0.25, 0.3) is 44.5 Å². The summed E-state index contributed by atoms with van der Waals surface area (Å²) in [6.45, 7) is 25.4. The van der Waals surface area contributed by atoms with Crippen LogP contribution in [0.3, 0.4) is 0 Å². The average molecular weight is 1010 g/mol. The van der Waals surface area contributed by atoms with Crippen molar-refractivity contribution >= 4 is 67.9 Å². The van der Waals surface area contributed by atoms with Crippen LogP contribution in [-0.2, 0) is 21.7 Å². The SMILES string of the molecule is Cc1cc2c3c(c1)N(c1ccc(C(C)(C)C)cc1)c1c(sc4c1-c1ccc(C)cc1C41c4ccccc4-c4ccccc41)B3c1ccc(-c3cc(C(C)(C)C)ccc3-c3ccccc3)cc1N2c1ccc(C(C)(C)C)cc1. The fourth-order valence-electron chi connectivity index (χ4n) is 13.6. The Morgan fingerprint density at radius 1 is 0.403 bits per heavy atom. The van der Waals surface area contributed by atoms with Gasteiger partial charge in [-0.2, -0.15) is 0 Å². The molecular weight excluding hydrogens is 948 g/mol. The highest BCUT2D eigenvalue weighted by Gasteiger charge is 2.57. The van der Waals surface area contributed by atoms with Crippen LogP contribution in [0.4, 0.5) is 34.1 Å². The van der Waals surface area contributed by atoms with Gasteiger partial charge in [0.05, 0.1) is 11.1 Å². The summed E-state index contributed by atoms with van der Waals surface area (Å²) in [5.74, 6) is 0. The number of aryl methyl sites for hydroxylation is 2. The van der Waals surface area contributed by atoms with Gasteiger partial charge in [0, 0.05) is 43.7 Å². The third-order valence-electron chi connectivity index (χ3n) is 17.4. The molecule has 1 aromatic heterocycles. The lowest BCUT2D eigenvalue weighted by Gasteiger charge is -2.44. The van der Waals surface area contributed by atoms with E-state index in [2.05, 4.69) is 291 Å². The Bertz CT molecular complexity index is 4020. The van der Waals surface area contributed by atoms with Gasteiger partial charge in [-0.25, -0.2) is 0 Å². The second-order valence-corrected chi connectivity index (χ2v) is 26.5. The second-order valence-electron chi connectivity index (χ2n) is 25.5. The van der Waals surface area contributed by atoms with Gasteiger partial charge in [-0.05, 0) is 161 Å². The largest absolute Gasteiger partial charge is 0.311 e. The van der Waals surface area contributed by atoms with Gasteiger partial charge in [-0.3, -0.25) is 0 Å². The van der Waals surface area contributed by atoms with E-state index in [9.17, 15) is 0 Å². The topological polar surface area (TPSA) is 6.48 Å². The molecule has 4 heteroatoms. The third-order valence-corrected chi connectivity index (χ3v) is 18.8. The molecule has 0 bridgehead atoms. The van der Waals surface area contributed by atoms with E-state index in [-0.39, 0.29) is 23.0 Å². The van der Waals surface area contributed by atoms with Gasteiger partial charge in [-0.15, -0.1) is 11.3 Å². The standard InChI is InChI=1S/C73H65BN2S/c1-44-25-36-56-60(39-44)73(58-23-17-15-21-54(58)55-22-16-18-24-59(55)73)68-65(56)67-69(77-68)74-61-38-26-47(57-43-50(72(9,10)11)31-37-53(57)46-19-13-12-14-20-46)42-62(61)75(51-32-27-48(28-33-51)70(3,4)5)63-40-45(2)41-64(66(63)74)76(67)52-34-29-49(30-35-52)71(6,7)8/h12-43H,1-11H3. The Labute approximate surface area is 460 Å². The molecule has 2 aliphatic heterocycles. The molecule has 77 heavy (non-hydrogen) atoms. The second kappa shape index (κ2) is 16.7. The summed E-state index contributed by atoms with van der Waals surface area (Å²) in [6.07, 6.45) is 0. The first kappa shape index (κ1) is 47.8. The van der Waals surface area contributed by atoms with Gasteiger partial charge < -0.3 is 9.80 Å². The highest BCUT2D eigenvalue weighted by molar-refractivity contribution is 7.30. The van der Waals surface area contributed by atoms with Gasteiger partial charge in [-0.1, -0.05) is 220 Å². The number of thiophene rings is 1. The van der Waals surface area contributed by atoms with Gasteiger partial charge >= 0.3 is 0 Å². The number of nitrogens with zero attached hydrogens (tertiary/aromatic N) is 2. The fraction of sp³-hybridized carbons (Fsp3) is 0.205. The van der Waals surface area contributed by atoms with Crippen LogP contribution in [-0.4, -0.2) is 6.71 Å². The molecular formula is C73H65BN2S. The lowest BCUT2D eigenvalue weighted by atomic mass is 9.36. The molecule has 2 nitrogen and oxygen atoms in total. The molecule has 3 heterocycles. The molecule has 0 unspecified atom stereocenters. The monoisotopic (exact) mass is 1010 g/mol. The van der Waals surface area contributed by atoms with Crippen molar-refractivity contribution in [1.29, 1.82) is 0 Å². The van der Waals surface area contributed by atoms with Crippen molar-refractivity contribution in [3.8, 4) is 44.5 Å². The molecule has 2 aliphatic carbocycles. The van der Waals surface area contributed by atoms with E-state index in [1.807, 2.05) is 0 Å². The van der Waals surface area contributed by atoms with E-state index >= 15 is 0 Å². The van der Waals surface area contributed by atoms with E-state index in [1.165, 1.54) is 138 Å². The summed E-state index contributed by atoms with van der Waals surface area (Å²) in [5.41, 5.74) is 30.5. The Kier molecular flexibility index (Phi) is 10.3. The van der Waals surface area contributed by atoms with Crippen molar-refractivity contribution in [2.45, 2.75) is 97.8 Å². The minimum absolute atomic E-state index is 0.0107. The molecule has 9 aromatic carbocycles. The van der Waals surface area contributed by atoms with Crippen molar-refractivity contribution in [3.05, 3.63) is 244 Å². The van der Waals surface area contributed by atoms with E-state index in [0.29, 0.717) is 0 Å². The lowest BCUT2D eigenvalue weighted by Crippen LogP contribution is -2.60. The summed E-state index contributed by atoms with van der Waals surface area (Å²) < 4.78 is 1.40. The molecule has 0 radical (unpaired) electrons. The number of hydrogen-bond donors (Lipinski definition) is 0. The van der Waals surface area contributed by atoms with Crippen molar-refractivity contribution in [1.82, 2.24) is 0 Å². The van der Waals surface area contributed by atoms with Crippen molar-refractivity contribution in [2.24, 2.45) is 0 Å².